The Morgan fingerprint density at radius 2 is 2.05 bits per heavy atom. The van der Waals surface area contributed by atoms with Gasteiger partial charge in [0.2, 0.25) is 0 Å². The van der Waals surface area contributed by atoms with Crippen LogP contribution in [0.1, 0.15) is 47.9 Å². The molecule has 1 aromatic heterocycles. The van der Waals surface area contributed by atoms with E-state index in [4.69, 9.17) is 4.74 Å². The summed E-state index contributed by atoms with van der Waals surface area (Å²) in [5, 5.41) is 4.25. The lowest BCUT2D eigenvalue weighted by molar-refractivity contribution is 0.0967. The molecule has 1 heterocycles. The fraction of sp³-hybridized carbons (Fsp3) is 0.412. The second kappa shape index (κ2) is 6.57. The molecule has 0 N–H and O–H groups in total. The molecule has 0 fully saturated rings. The van der Waals surface area contributed by atoms with Gasteiger partial charge in [-0.05, 0) is 38.3 Å². The van der Waals surface area contributed by atoms with Gasteiger partial charge in [0.25, 0.3) is 0 Å². The van der Waals surface area contributed by atoms with E-state index < -0.39 is 0 Å². The largest absolute Gasteiger partial charge is 0.493 e. The predicted molar refractivity (Wildman–Crippen MR) is 83.0 cm³/mol. The summed E-state index contributed by atoms with van der Waals surface area (Å²) in [5.74, 6) is 0.625. The van der Waals surface area contributed by atoms with Crippen molar-refractivity contribution in [3.63, 3.8) is 0 Å². The molecule has 1 aromatic carbocycles. The number of ketones is 1. The second-order valence-corrected chi connectivity index (χ2v) is 5.45. The molecule has 0 radical (unpaired) electrons. The Hall–Kier alpha value is -2.10. The average molecular weight is 286 g/mol. The Kier molecular flexibility index (Phi) is 4.78. The summed E-state index contributed by atoms with van der Waals surface area (Å²) >= 11 is 0. The molecule has 2 rings (SSSR count). The van der Waals surface area contributed by atoms with Crippen molar-refractivity contribution >= 4 is 5.78 Å². The van der Waals surface area contributed by atoms with Crippen molar-refractivity contribution in [2.45, 2.75) is 39.7 Å². The van der Waals surface area contributed by atoms with Crippen molar-refractivity contribution in [1.29, 1.82) is 0 Å². The number of methoxy groups -OCH3 is 1. The van der Waals surface area contributed by atoms with Crippen molar-refractivity contribution in [2.75, 3.05) is 7.11 Å². The Balaban J connectivity index is 2.17. The van der Waals surface area contributed by atoms with Gasteiger partial charge in [-0.1, -0.05) is 24.3 Å². The Labute approximate surface area is 125 Å². The number of rotatable bonds is 6. The number of aryl methyl sites for hydroxylation is 2. The first kappa shape index (κ1) is 15.3. The minimum atomic E-state index is 0.0707. The molecule has 0 aliphatic carbocycles. The summed E-state index contributed by atoms with van der Waals surface area (Å²) in [7, 11) is 1.57. The third-order valence-electron chi connectivity index (χ3n) is 3.62. The Bertz CT molecular complexity index is 629. The Morgan fingerprint density at radius 1 is 1.33 bits per heavy atom. The van der Waals surface area contributed by atoms with Gasteiger partial charge in [0.05, 0.1) is 13.3 Å². The molecule has 0 unspecified atom stereocenters. The average Bonchev–Trinajstić information content (AvgIpc) is 2.90. The van der Waals surface area contributed by atoms with E-state index >= 15 is 0 Å². The predicted octanol–water partition coefficient (Wildman–Crippen LogP) is 3.60. The molecule has 0 amide bonds. The van der Waals surface area contributed by atoms with E-state index in [0.717, 1.165) is 6.42 Å². The maximum atomic E-state index is 12.6. The quantitative estimate of drug-likeness (QED) is 0.762. The van der Waals surface area contributed by atoms with Crippen LogP contribution in [0.3, 0.4) is 0 Å². The third kappa shape index (κ3) is 3.32. The highest BCUT2D eigenvalue weighted by Crippen LogP contribution is 2.23. The van der Waals surface area contributed by atoms with Crippen LogP contribution in [-0.4, -0.2) is 22.7 Å². The van der Waals surface area contributed by atoms with E-state index in [0.29, 0.717) is 17.9 Å². The number of carbonyl (C=O) groups excluding carboxylic acids is 1. The van der Waals surface area contributed by atoms with E-state index in [2.05, 4.69) is 24.2 Å². The highest BCUT2D eigenvalue weighted by molar-refractivity contribution is 5.97. The molecule has 0 atom stereocenters. The van der Waals surface area contributed by atoms with Gasteiger partial charge < -0.3 is 4.74 Å². The number of benzene rings is 1. The number of hydrogen-bond donors (Lipinski definition) is 0. The van der Waals surface area contributed by atoms with Crippen LogP contribution < -0.4 is 4.74 Å². The van der Waals surface area contributed by atoms with E-state index in [9.17, 15) is 4.79 Å². The van der Waals surface area contributed by atoms with Gasteiger partial charge >= 0.3 is 0 Å². The highest BCUT2D eigenvalue weighted by atomic mass is 16.5. The molecule has 4 heteroatoms. The molecule has 0 bridgehead atoms. The second-order valence-electron chi connectivity index (χ2n) is 5.45. The summed E-state index contributed by atoms with van der Waals surface area (Å²) in [5.41, 5.74) is 3.00. The minimum absolute atomic E-state index is 0.0707. The number of hydrogen-bond acceptors (Lipinski definition) is 3. The van der Waals surface area contributed by atoms with Crippen molar-refractivity contribution in [2.24, 2.45) is 0 Å². The van der Waals surface area contributed by atoms with Crippen LogP contribution in [0.5, 0.6) is 5.75 Å². The topological polar surface area (TPSA) is 44.1 Å². The maximum absolute atomic E-state index is 12.6. The van der Waals surface area contributed by atoms with E-state index in [1.54, 1.807) is 18.0 Å². The molecule has 0 aliphatic rings. The summed E-state index contributed by atoms with van der Waals surface area (Å²) in [6.45, 7) is 6.08. The van der Waals surface area contributed by atoms with Gasteiger partial charge in [-0.15, -0.1) is 0 Å². The standard InChI is InChI=1S/C17H22N2O2/c1-12(2)19-17(16(21-4)11-18-19)15(20)10-9-14-8-6-5-7-13(14)3/h5-8,11-12H,9-10H2,1-4H3. The van der Waals surface area contributed by atoms with Crippen molar-refractivity contribution in [1.82, 2.24) is 9.78 Å². The van der Waals surface area contributed by atoms with Gasteiger partial charge in [0, 0.05) is 12.5 Å². The summed E-state index contributed by atoms with van der Waals surface area (Å²) in [6.07, 6.45) is 2.80. The third-order valence-corrected chi connectivity index (χ3v) is 3.62. The molecule has 112 valence electrons. The summed E-state index contributed by atoms with van der Waals surface area (Å²) in [4.78, 5) is 12.6. The summed E-state index contributed by atoms with van der Waals surface area (Å²) < 4.78 is 7.00. The Morgan fingerprint density at radius 3 is 2.67 bits per heavy atom. The molecule has 0 saturated heterocycles. The van der Waals surface area contributed by atoms with Gasteiger partial charge in [0.15, 0.2) is 11.5 Å². The molecule has 4 nitrogen and oxygen atoms in total. The minimum Gasteiger partial charge on any atom is -0.493 e. The van der Waals surface area contributed by atoms with Crippen LogP contribution in [0.4, 0.5) is 0 Å². The molecule has 0 saturated carbocycles. The summed E-state index contributed by atoms with van der Waals surface area (Å²) in [6, 6.07) is 8.29. The van der Waals surface area contributed by atoms with Crippen LogP contribution in [0, 0.1) is 6.92 Å². The zero-order valence-electron chi connectivity index (χ0n) is 13.1. The van der Waals surface area contributed by atoms with Crippen LogP contribution in [-0.2, 0) is 6.42 Å². The van der Waals surface area contributed by atoms with Crippen molar-refractivity contribution in [3.05, 3.63) is 47.3 Å². The molecule has 0 aliphatic heterocycles. The van der Waals surface area contributed by atoms with E-state index in [1.807, 2.05) is 26.0 Å². The zero-order chi connectivity index (χ0) is 15.4. The molecule has 2 aromatic rings. The number of carbonyl (C=O) groups is 1. The molecule has 21 heavy (non-hydrogen) atoms. The molecule has 0 spiro atoms. The lowest BCUT2D eigenvalue weighted by Gasteiger charge is -2.11. The van der Waals surface area contributed by atoms with Crippen molar-refractivity contribution < 1.29 is 9.53 Å². The van der Waals surface area contributed by atoms with Crippen LogP contribution in [0.25, 0.3) is 0 Å². The molecular weight excluding hydrogens is 264 g/mol. The highest BCUT2D eigenvalue weighted by Gasteiger charge is 2.20. The number of nitrogens with zero attached hydrogens (tertiary/aromatic N) is 2. The van der Waals surface area contributed by atoms with Crippen LogP contribution in [0.15, 0.2) is 30.5 Å². The fourth-order valence-corrected chi connectivity index (χ4v) is 2.41. The zero-order valence-corrected chi connectivity index (χ0v) is 13.1. The first-order valence-corrected chi connectivity index (χ1v) is 7.23. The maximum Gasteiger partial charge on any atom is 0.185 e. The van der Waals surface area contributed by atoms with Gasteiger partial charge in [-0.2, -0.15) is 5.10 Å². The number of Topliss-reactive ketones (excluding diaryl/α,β-unsaturated/α-hetero) is 1. The van der Waals surface area contributed by atoms with E-state index in [-0.39, 0.29) is 11.8 Å². The van der Waals surface area contributed by atoms with Crippen molar-refractivity contribution in [3.8, 4) is 5.75 Å². The van der Waals surface area contributed by atoms with Gasteiger partial charge in [-0.25, -0.2) is 0 Å². The normalized spacial score (nSPS) is 10.9. The van der Waals surface area contributed by atoms with E-state index in [1.165, 1.54) is 11.1 Å². The number of ether oxygens (including phenoxy) is 1. The lowest BCUT2D eigenvalue weighted by atomic mass is 10.0. The van der Waals surface area contributed by atoms with Crippen LogP contribution in [0.2, 0.25) is 0 Å². The SMILES string of the molecule is COc1cnn(C(C)C)c1C(=O)CCc1ccccc1C. The number of aromatic nitrogens is 2. The van der Waals surface area contributed by atoms with Gasteiger partial charge in [-0.3, -0.25) is 9.48 Å². The molecular formula is C17H22N2O2. The monoisotopic (exact) mass is 286 g/mol. The van der Waals surface area contributed by atoms with Crippen LogP contribution >= 0.6 is 0 Å². The first-order chi connectivity index (χ1) is 10.0. The van der Waals surface area contributed by atoms with Gasteiger partial charge in [0.1, 0.15) is 5.69 Å². The fourth-order valence-electron chi connectivity index (χ4n) is 2.41. The smallest absolute Gasteiger partial charge is 0.185 e. The first-order valence-electron chi connectivity index (χ1n) is 7.23. The lowest BCUT2D eigenvalue weighted by Crippen LogP contribution is -2.14.